The van der Waals surface area contributed by atoms with Gasteiger partial charge in [-0.25, -0.2) is 0 Å². The molecule has 2 heterocycles. The number of ether oxygens (including phenoxy) is 2. The number of fused-ring (bicyclic) bond motifs is 3. The summed E-state index contributed by atoms with van der Waals surface area (Å²) in [5, 5.41) is 0. The van der Waals surface area contributed by atoms with Crippen LogP contribution in [0.3, 0.4) is 0 Å². The lowest BCUT2D eigenvalue weighted by Crippen LogP contribution is -2.56. The summed E-state index contributed by atoms with van der Waals surface area (Å²) in [6, 6.07) is 5.34. The molecule has 0 aliphatic carbocycles. The summed E-state index contributed by atoms with van der Waals surface area (Å²) >= 11 is 1.54. The van der Waals surface area contributed by atoms with Gasteiger partial charge in [-0.1, -0.05) is 32.9 Å². The summed E-state index contributed by atoms with van der Waals surface area (Å²) in [6.07, 6.45) is 6.55. The van der Waals surface area contributed by atoms with Crippen molar-refractivity contribution in [2.45, 2.75) is 84.8 Å². The SMILES string of the molecule is CCCO[C@@]1(CCCOCSCCF)C[C@H]2c3cc(C)c(C)cc3CCN2C[C@@H]1CC(C)C. The Kier molecular flexibility index (Phi) is 10.5. The van der Waals surface area contributed by atoms with E-state index in [4.69, 9.17) is 9.47 Å². The van der Waals surface area contributed by atoms with Gasteiger partial charge in [-0.2, -0.15) is 0 Å². The number of rotatable bonds is 13. The fourth-order valence-electron chi connectivity index (χ4n) is 5.87. The number of nitrogens with zero attached hydrogens (tertiary/aromatic N) is 1. The molecule has 1 aromatic carbocycles. The van der Waals surface area contributed by atoms with Crippen LogP contribution in [0.25, 0.3) is 0 Å². The first-order valence-electron chi connectivity index (χ1n) is 13.1. The number of halogens is 1. The number of hydrogen-bond donors (Lipinski definition) is 0. The van der Waals surface area contributed by atoms with Crippen LogP contribution in [0.15, 0.2) is 12.1 Å². The Morgan fingerprint density at radius 2 is 2.00 bits per heavy atom. The van der Waals surface area contributed by atoms with E-state index in [0.29, 0.717) is 29.6 Å². The average Bonchev–Trinajstić information content (AvgIpc) is 2.78. The van der Waals surface area contributed by atoms with E-state index >= 15 is 0 Å². The zero-order valence-corrected chi connectivity index (χ0v) is 22.4. The van der Waals surface area contributed by atoms with E-state index in [1.54, 1.807) is 5.56 Å². The Balaban J connectivity index is 1.81. The van der Waals surface area contributed by atoms with Crippen LogP contribution in [-0.4, -0.2) is 55.2 Å². The first-order valence-corrected chi connectivity index (χ1v) is 14.2. The molecule has 2 aliphatic rings. The summed E-state index contributed by atoms with van der Waals surface area (Å²) in [7, 11) is 0. The third kappa shape index (κ3) is 6.96. The molecule has 0 N–H and O–H groups in total. The van der Waals surface area contributed by atoms with Gasteiger partial charge in [0.25, 0.3) is 0 Å². The monoisotopic (exact) mass is 479 g/mol. The topological polar surface area (TPSA) is 21.7 Å². The van der Waals surface area contributed by atoms with Gasteiger partial charge in [0, 0.05) is 44.0 Å². The lowest BCUT2D eigenvalue weighted by atomic mass is 9.69. The molecule has 0 saturated carbocycles. The van der Waals surface area contributed by atoms with Gasteiger partial charge in [0.15, 0.2) is 0 Å². The van der Waals surface area contributed by atoms with Crippen molar-refractivity contribution in [3.8, 4) is 0 Å². The molecule has 0 unspecified atom stereocenters. The maximum atomic E-state index is 12.3. The first kappa shape index (κ1) is 27.0. The maximum Gasteiger partial charge on any atom is 0.0985 e. The second-order valence-electron chi connectivity index (χ2n) is 10.6. The summed E-state index contributed by atoms with van der Waals surface area (Å²) in [5.41, 5.74) is 5.80. The highest BCUT2D eigenvalue weighted by molar-refractivity contribution is 7.99. The molecule has 3 rings (SSSR count). The fourth-order valence-corrected chi connectivity index (χ4v) is 6.33. The van der Waals surface area contributed by atoms with Gasteiger partial charge in [0.1, 0.15) is 0 Å². The second kappa shape index (κ2) is 12.9. The van der Waals surface area contributed by atoms with E-state index in [1.165, 1.54) is 34.9 Å². The van der Waals surface area contributed by atoms with E-state index in [2.05, 4.69) is 51.7 Å². The third-order valence-corrected chi connectivity index (χ3v) is 8.36. The van der Waals surface area contributed by atoms with Crippen LogP contribution >= 0.6 is 11.8 Å². The molecule has 0 bridgehead atoms. The summed E-state index contributed by atoms with van der Waals surface area (Å²) in [4.78, 5) is 2.75. The predicted octanol–water partition coefficient (Wildman–Crippen LogP) is 6.89. The number of hydrogen-bond acceptors (Lipinski definition) is 4. The Labute approximate surface area is 206 Å². The van der Waals surface area contributed by atoms with Crippen molar-refractivity contribution in [2.75, 3.05) is 44.7 Å². The van der Waals surface area contributed by atoms with Crippen LogP contribution in [0.5, 0.6) is 0 Å². The lowest BCUT2D eigenvalue weighted by Gasteiger charge is -2.54. The van der Waals surface area contributed by atoms with E-state index < -0.39 is 0 Å². The molecular formula is C28H46FNO2S. The highest BCUT2D eigenvalue weighted by Crippen LogP contribution is 2.49. The van der Waals surface area contributed by atoms with E-state index in [-0.39, 0.29) is 12.3 Å². The minimum Gasteiger partial charge on any atom is -0.375 e. The van der Waals surface area contributed by atoms with Crippen molar-refractivity contribution in [3.05, 3.63) is 34.4 Å². The largest absolute Gasteiger partial charge is 0.375 e. The van der Waals surface area contributed by atoms with Gasteiger partial charge in [-0.05, 0) is 80.5 Å². The molecule has 1 fully saturated rings. The molecule has 1 saturated heterocycles. The molecule has 0 radical (unpaired) electrons. The number of alkyl halides is 1. The Morgan fingerprint density at radius 3 is 2.73 bits per heavy atom. The molecule has 2 aliphatic heterocycles. The molecule has 3 nitrogen and oxygen atoms in total. The zero-order valence-electron chi connectivity index (χ0n) is 21.6. The lowest BCUT2D eigenvalue weighted by molar-refractivity contribution is -0.152. The Bertz CT molecular complexity index is 743. The third-order valence-electron chi connectivity index (χ3n) is 7.59. The van der Waals surface area contributed by atoms with Gasteiger partial charge < -0.3 is 9.47 Å². The van der Waals surface area contributed by atoms with Crippen LogP contribution in [0.1, 0.15) is 81.2 Å². The smallest absolute Gasteiger partial charge is 0.0985 e. The van der Waals surface area contributed by atoms with Crippen molar-refractivity contribution in [1.29, 1.82) is 0 Å². The molecule has 33 heavy (non-hydrogen) atoms. The summed E-state index contributed by atoms with van der Waals surface area (Å²) < 4.78 is 25.0. The molecule has 0 aromatic heterocycles. The van der Waals surface area contributed by atoms with Gasteiger partial charge in [0.05, 0.1) is 18.2 Å². The van der Waals surface area contributed by atoms with Gasteiger partial charge >= 0.3 is 0 Å². The van der Waals surface area contributed by atoms with Crippen LogP contribution in [0, 0.1) is 25.7 Å². The minimum absolute atomic E-state index is 0.0930. The maximum absolute atomic E-state index is 12.3. The highest BCUT2D eigenvalue weighted by atomic mass is 32.2. The second-order valence-corrected chi connectivity index (χ2v) is 11.6. The quantitative estimate of drug-likeness (QED) is 0.227. The normalized spacial score (nSPS) is 25.3. The van der Waals surface area contributed by atoms with Gasteiger partial charge in [-0.15, -0.1) is 11.8 Å². The molecule has 0 spiro atoms. The number of piperidine rings is 1. The molecule has 3 atom stereocenters. The van der Waals surface area contributed by atoms with Crippen LogP contribution in [0.2, 0.25) is 0 Å². The first-order chi connectivity index (χ1) is 15.9. The van der Waals surface area contributed by atoms with Crippen molar-refractivity contribution in [2.24, 2.45) is 11.8 Å². The van der Waals surface area contributed by atoms with Crippen LogP contribution < -0.4 is 0 Å². The molecule has 0 amide bonds. The number of thioether (sulfide) groups is 1. The average molecular weight is 480 g/mol. The fraction of sp³-hybridized carbons (Fsp3) is 0.786. The van der Waals surface area contributed by atoms with Gasteiger partial charge in [-0.3, -0.25) is 9.29 Å². The molecular weight excluding hydrogens is 433 g/mol. The summed E-state index contributed by atoms with van der Waals surface area (Å²) in [6.45, 7) is 15.0. The van der Waals surface area contributed by atoms with E-state index in [0.717, 1.165) is 58.4 Å². The number of aryl methyl sites for hydroxylation is 2. The molecule has 5 heteroatoms. The Hall–Kier alpha value is -0.620. The molecule has 188 valence electrons. The van der Waals surface area contributed by atoms with E-state index in [1.807, 2.05) is 0 Å². The minimum atomic E-state index is -0.281. The van der Waals surface area contributed by atoms with Crippen molar-refractivity contribution in [3.63, 3.8) is 0 Å². The van der Waals surface area contributed by atoms with Crippen LogP contribution in [-0.2, 0) is 15.9 Å². The summed E-state index contributed by atoms with van der Waals surface area (Å²) in [5.74, 6) is 2.32. The zero-order chi connectivity index (χ0) is 23.8. The van der Waals surface area contributed by atoms with Crippen molar-refractivity contribution < 1.29 is 13.9 Å². The highest BCUT2D eigenvalue weighted by Gasteiger charge is 2.49. The van der Waals surface area contributed by atoms with Crippen molar-refractivity contribution in [1.82, 2.24) is 4.90 Å². The number of benzene rings is 1. The van der Waals surface area contributed by atoms with Gasteiger partial charge in [0.2, 0.25) is 0 Å². The van der Waals surface area contributed by atoms with Crippen molar-refractivity contribution >= 4 is 11.8 Å². The molecule has 1 aromatic rings. The van der Waals surface area contributed by atoms with Crippen LogP contribution in [0.4, 0.5) is 4.39 Å². The predicted molar refractivity (Wildman–Crippen MR) is 139 cm³/mol. The standard InChI is InChI=1S/C28H46FNO2S/c1-6-12-32-28(9-7-13-31-20-33-14-10-29)18-27-26-17-23(5)22(4)16-24(26)8-11-30(27)19-25(28)15-21(2)3/h16-17,21,25,27H,6-15,18-20H2,1-5H3/t25-,27-,28-/m0/s1. The Morgan fingerprint density at radius 1 is 1.21 bits per heavy atom. The van der Waals surface area contributed by atoms with E-state index in [9.17, 15) is 4.39 Å².